The first kappa shape index (κ1) is 13.5. The molecule has 1 aromatic carbocycles. The summed E-state index contributed by atoms with van der Waals surface area (Å²) >= 11 is 0. The zero-order chi connectivity index (χ0) is 13.1. The molecule has 1 atom stereocenters. The lowest BCUT2D eigenvalue weighted by molar-refractivity contribution is -0.387. The van der Waals surface area contributed by atoms with Crippen molar-refractivity contribution in [3.8, 4) is 0 Å². The van der Waals surface area contributed by atoms with Crippen LogP contribution in [-0.4, -0.2) is 12.5 Å². The summed E-state index contributed by atoms with van der Waals surface area (Å²) in [5, 5.41) is 10.6. The van der Waals surface area contributed by atoms with Crippen LogP contribution in [0, 0.1) is 5.92 Å². The fourth-order valence-electron chi connectivity index (χ4n) is 1.46. The first-order chi connectivity index (χ1) is 7.84. The molecule has 0 radical (unpaired) electrons. The maximum Gasteiger partial charge on any atom is 0.416 e. The van der Waals surface area contributed by atoms with Gasteiger partial charge in [0.15, 0.2) is 0 Å². The van der Waals surface area contributed by atoms with Crippen molar-refractivity contribution in [1.29, 1.82) is 0 Å². The van der Waals surface area contributed by atoms with Gasteiger partial charge in [-0.1, -0.05) is 18.2 Å². The molecule has 0 fully saturated rings. The average molecular weight is 247 g/mol. The Labute approximate surface area is 96.0 Å². The molecule has 0 saturated carbocycles. The molecule has 6 heteroatoms. The number of alkyl halides is 3. The summed E-state index contributed by atoms with van der Waals surface area (Å²) in [6.45, 7) is 0.0819. The Kier molecular flexibility index (Phi) is 4.11. The minimum atomic E-state index is -4.42. The fraction of sp³-hybridized carbons (Fsp3) is 0.364. The van der Waals surface area contributed by atoms with Gasteiger partial charge in [-0.3, -0.25) is 0 Å². The molecular formula is C11H12F3NO2. The van der Waals surface area contributed by atoms with Crippen LogP contribution in [0.2, 0.25) is 0 Å². The Morgan fingerprint density at radius 2 is 2.06 bits per heavy atom. The van der Waals surface area contributed by atoms with Crippen LogP contribution < -0.4 is 10.8 Å². The molecule has 94 valence electrons. The highest BCUT2D eigenvalue weighted by atomic mass is 19.4. The number of aliphatic carboxylic acids is 1. The van der Waals surface area contributed by atoms with E-state index in [0.717, 1.165) is 12.1 Å². The first-order valence-corrected chi connectivity index (χ1v) is 5.01. The second kappa shape index (κ2) is 5.18. The minimum absolute atomic E-state index is 0.00421. The molecule has 0 bridgehead atoms. The molecule has 0 heterocycles. The fourth-order valence-corrected chi connectivity index (χ4v) is 1.46. The SMILES string of the molecule is [NH3+]C[C@@H](Cc1cccc(C(F)(F)F)c1)C(=O)[O-]. The van der Waals surface area contributed by atoms with Gasteiger partial charge in [-0.2, -0.15) is 13.2 Å². The van der Waals surface area contributed by atoms with Crippen molar-refractivity contribution in [1.82, 2.24) is 0 Å². The van der Waals surface area contributed by atoms with Gasteiger partial charge in [0.1, 0.15) is 0 Å². The largest absolute Gasteiger partial charge is 0.550 e. The van der Waals surface area contributed by atoms with Gasteiger partial charge in [-0.05, 0) is 18.1 Å². The topological polar surface area (TPSA) is 67.8 Å². The maximum atomic E-state index is 12.4. The molecule has 0 aromatic heterocycles. The highest BCUT2D eigenvalue weighted by molar-refractivity contribution is 5.68. The monoisotopic (exact) mass is 247 g/mol. The van der Waals surface area contributed by atoms with Crippen LogP contribution in [0.25, 0.3) is 0 Å². The quantitative estimate of drug-likeness (QED) is 0.804. The molecule has 0 aliphatic heterocycles. The van der Waals surface area contributed by atoms with Crippen molar-refractivity contribution in [2.75, 3.05) is 6.54 Å². The van der Waals surface area contributed by atoms with E-state index in [4.69, 9.17) is 0 Å². The van der Waals surface area contributed by atoms with E-state index < -0.39 is 23.6 Å². The standard InChI is InChI=1S/C11H12F3NO2/c12-11(13,14)9-3-1-2-7(5-9)4-8(6-15)10(16)17/h1-3,5,8H,4,6,15H2,(H,16,17)/t8-/m1/s1. The summed E-state index contributed by atoms with van der Waals surface area (Å²) in [7, 11) is 0. The number of carbonyl (C=O) groups is 1. The summed E-state index contributed by atoms with van der Waals surface area (Å²) in [6.07, 6.45) is -4.42. The zero-order valence-electron chi connectivity index (χ0n) is 8.96. The molecular weight excluding hydrogens is 235 g/mol. The van der Waals surface area contributed by atoms with E-state index in [9.17, 15) is 23.1 Å². The molecule has 3 nitrogen and oxygen atoms in total. The highest BCUT2D eigenvalue weighted by Gasteiger charge is 2.30. The van der Waals surface area contributed by atoms with Gasteiger partial charge in [0.05, 0.1) is 24.0 Å². The molecule has 1 rings (SSSR count). The Morgan fingerprint density at radius 3 is 2.53 bits per heavy atom. The molecule has 0 spiro atoms. The molecule has 0 aliphatic carbocycles. The number of rotatable bonds is 4. The van der Waals surface area contributed by atoms with E-state index in [1.165, 1.54) is 12.1 Å². The van der Waals surface area contributed by atoms with Gasteiger partial charge in [-0.25, -0.2) is 0 Å². The van der Waals surface area contributed by atoms with Crippen LogP contribution in [0.4, 0.5) is 13.2 Å². The van der Waals surface area contributed by atoms with Gasteiger partial charge in [-0.15, -0.1) is 0 Å². The summed E-state index contributed by atoms with van der Waals surface area (Å²) in [6, 6.07) is 4.61. The molecule has 17 heavy (non-hydrogen) atoms. The van der Waals surface area contributed by atoms with Crippen molar-refractivity contribution in [3.63, 3.8) is 0 Å². The van der Waals surface area contributed by atoms with Gasteiger partial charge in [0, 0.05) is 0 Å². The number of quaternary nitrogens is 1. The predicted octanol–water partition coefficient (Wildman–Crippen LogP) is -0.144. The third-order valence-electron chi connectivity index (χ3n) is 2.42. The summed E-state index contributed by atoms with van der Waals surface area (Å²) in [4.78, 5) is 10.6. The third kappa shape index (κ3) is 3.74. The van der Waals surface area contributed by atoms with Crippen molar-refractivity contribution >= 4 is 5.97 Å². The molecule has 1 aromatic rings. The molecule has 0 saturated heterocycles. The smallest absolute Gasteiger partial charge is 0.416 e. The van der Waals surface area contributed by atoms with Crippen molar-refractivity contribution in [2.24, 2.45) is 5.92 Å². The number of hydrogen-bond acceptors (Lipinski definition) is 2. The van der Waals surface area contributed by atoms with Crippen LogP contribution >= 0.6 is 0 Å². The normalized spacial score (nSPS) is 13.4. The number of carbonyl (C=O) groups excluding carboxylic acids is 1. The van der Waals surface area contributed by atoms with Crippen molar-refractivity contribution < 1.29 is 28.8 Å². The Bertz CT molecular complexity index is 404. The third-order valence-corrected chi connectivity index (χ3v) is 2.42. The van der Waals surface area contributed by atoms with Crippen LogP contribution in [-0.2, 0) is 17.4 Å². The van der Waals surface area contributed by atoms with E-state index in [1.54, 1.807) is 0 Å². The summed E-state index contributed by atoms with van der Waals surface area (Å²) < 4.78 is 37.2. The van der Waals surface area contributed by atoms with Gasteiger partial charge >= 0.3 is 6.18 Å². The lowest BCUT2D eigenvalue weighted by Gasteiger charge is -2.15. The van der Waals surface area contributed by atoms with E-state index in [-0.39, 0.29) is 13.0 Å². The van der Waals surface area contributed by atoms with Crippen molar-refractivity contribution in [3.05, 3.63) is 35.4 Å². The maximum absolute atomic E-state index is 12.4. The summed E-state index contributed by atoms with van der Waals surface area (Å²) in [5.74, 6) is -2.16. The van der Waals surface area contributed by atoms with Gasteiger partial charge in [0.25, 0.3) is 0 Å². The number of benzene rings is 1. The second-order valence-corrected chi connectivity index (χ2v) is 3.71. The first-order valence-electron chi connectivity index (χ1n) is 5.01. The Morgan fingerprint density at radius 1 is 1.41 bits per heavy atom. The molecule has 0 unspecified atom stereocenters. The average Bonchev–Trinajstić information content (AvgIpc) is 2.24. The van der Waals surface area contributed by atoms with E-state index in [1.807, 2.05) is 0 Å². The molecule has 3 N–H and O–H groups in total. The molecule has 0 aliphatic rings. The lowest BCUT2D eigenvalue weighted by atomic mass is 9.98. The van der Waals surface area contributed by atoms with Gasteiger partial charge < -0.3 is 15.6 Å². The number of carboxylic acid groups (broad SMARTS) is 1. The van der Waals surface area contributed by atoms with Gasteiger partial charge in [0.2, 0.25) is 0 Å². The Balaban J connectivity index is 2.89. The number of hydrogen-bond donors (Lipinski definition) is 1. The number of halogens is 3. The molecule has 0 amide bonds. The van der Waals surface area contributed by atoms with E-state index >= 15 is 0 Å². The van der Waals surface area contributed by atoms with Crippen LogP contribution in [0.3, 0.4) is 0 Å². The predicted molar refractivity (Wildman–Crippen MR) is 51.4 cm³/mol. The van der Waals surface area contributed by atoms with Crippen LogP contribution in [0.15, 0.2) is 24.3 Å². The number of carboxylic acids is 1. The minimum Gasteiger partial charge on any atom is -0.550 e. The Hall–Kier alpha value is -1.56. The summed E-state index contributed by atoms with van der Waals surface area (Å²) in [5.41, 5.74) is 2.97. The van der Waals surface area contributed by atoms with Crippen LogP contribution in [0.1, 0.15) is 11.1 Å². The van der Waals surface area contributed by atoms with E-state index in [2.05, 4.69) is 5.73 Å². The highest BCUT2D eigenvalue weighted by Crippen LogP contribution is 2.29. The van der Waals surface area contributed by atoms with Crippen LogP contribution in [0.5, 0.6) is 0 Å². The lowest BCUT2D eigenvalue weighted by Crippen LogP contribution is -2.57. The van der Waals surface area contributed by atoms with Crippen molar-refractivity contribution in [2.45, 2.75) is 12.6 Å². The second-order valence-electron chi connectivity index (χ2n) is 3.71. The van der Waals surface area contributed by atoms with E-state index in [0.29, 0.717) is 5.56 Å². The zero-order valence-corrected chi connectivity index (χ0v) is 8.96.